The fourth-order valence-corrected chi connectivity index (χ4v) is 1.82. The van der Waals surface area contributed by atoms with Crippen molar-refractivity contribution in [2.45, 2.75) is 6.18 Å². The molecule has 1 aromatic carbocycles. The molecule has 2 rings (SSSR count). The highest BCUT2D eigenvalue weighted by molar-refractivity contribution is 14.1. The van der Waals surface area contributed by atoms with Gasteiger partial charge in [-0.25, -0.2) is 0 Å². The summed E-state index contributed by atoms with van der Waals surface area (Å²) < 4.78 is 38.1. The summed E-state index contributed by atoms with van der Waals surface area (Å²) in [7, 11) is 0. The Labute approximate surface area is 95.4 Å². The number of hydrogen-bond donors (Lipinski definition) is 2. The number of halogens is 4. The van der Waals surface area contributed by atoms with E-state index >= 15 is 0 Å². The second-order valence-corrected chi connectivity index (χ2v) is 4.00. The van der Waals surface area contributed by atoms with Crippen LogP contribution in [0.5, 0.6) is 5.75 Å². The van der Waals surface area contributed by atoms with Crippen molar-refractivity contribution in [3.8, 4) is 5.75 Å². The largest absolute Gasteiger partial charge is 0.508 e. The van der Waals surface area contributed by atoms with E-state index in [-0.39, 0.29) is 10.9 Å². The lowest BCUT2D eigenvalue weighted by Gasteiger charge is -2.07. The summed E-state index contributed by atoms with van der Waals surface area (Å²) >= 11 is 1.82. The van der Waals surface area contributed by atoms with E-state index in [2.05, 4.69) is 10.2 Å². The van der Waals surface area contributed by atoms with E-state index in [0.717, 1.165) is 0 Å². The number of aromatic nitrogens is 2. The average molecular weight is 328 g/mol. The van der Waals surface area contributed by atoms with Gasteiger partial charge in [0.1, 0.15) is 15.0 Å². The van der Waals surface area contributed by atoms with Gasteiger partial charge in [0.15, 0.2) is 0 Å². The van der Waals surface area contributed by atoms with Gasteiger partial charge in [-0.2, -0.15) is 18.3 Å². The normalized spacial score (nSPS) is 12.3. The summed E-state index contributed by atoms with van der Waals surface area (Å²) in [4.78, 5) is 0. The molecule has 1 heterocycles. The number of nitrogens with zero attached hydrogens (tertiary/aromatic N) is 1. The minimum absolute atomic E-state index is 0.176. The Morgan fingerprint density at radius 3 is 2.60 bits per heavy atom. The standard InChI is InChI=1S/C8H4F3IN2O/c9-8(10,11)5-2-3(15)1-4-6(5)13-14-7(4)12/h1-2,15H,(H,13,14). The molecule has 2 N–H and O–H groups in total. The van der Waals surface area contributed by atoms with Crippen molar-refractivity contribution in [2.24, 2.45) is 0 Å². The molecule has 0 amide bonds. The Hall–Kier alpha value is -0.990. The van der Waals surface area contributed by atoms with Gasteiger partial charge >= 0.3 is 6.18 Å². The number of aromatic hydroxyl groups is 1. The monoisotopic (exact) mass is 328 g/mol. The quantitative estimate of drug-likeness (QED) is 0.731. The predicted octanol–water partition coefficient (Wildman–Crippen LogP) is 2.89. The predicted molar refractivity (Wildman–Crippen MR) is 55.5 cm³/mol. The van der Waals surface area contributed by atoms with E-state index in [9.17, 15) is 18.3 Å². The van der Waals surface area contributed by atoms with Crippen LogP contribution in [0, 0.1) is 3.70 Å². The van der Waals surface area contributed by atoms with Crippen LogP contribution in [-0.4, -0.2) is 15.3 Å². The van der Waals surface area contributed by atoms with Crippen molar-refractivity contribution >= 4 is 33.5 Å². The molecular weight excluding hydrogens is 324 g/mol. The van der Waals surface area contributed by atoms with Crippen molar-refractivity contribution in [1.29, 1.82) is 0 Å². The number of nitrogens with one attached hydrogen (secondary N) is 1. The van der Waals surface area contributed by atoms with Crippen LogP contribution in [0.15, 0.2) is 12.1 Å². The highest BCUT2D eigenvalue weighted by Crippen LogP contribution is 2.37. The fourth-order valence-electron chi connectivity index (χ4n) is 1.29. The molecule has 0 saturated carbocycles. The van der Waals surface area contributed by atoms with Crippen molar-refractivity contribution < 1.29 is 18.3 Å². The maximum absolute atomic E-state index is 12.5. The molecule has 0 radical (unpaired) electrons. The Balaban J connectivity index is 2.84. The summed E-state index contributed by atoms with van der Waals surface area (Å²) in [5.41, 5.74) is -1.11. The van der Waals surface area contributed by atoms with E-state index in [1.807, 2.05) is 22.6 Å². The summed E-state index contributed by atoms with van der Waals surface area (Å²) in [5, 5.41) is 15.4. The first-order valence-electron chi connectivity index (χ1n) is 3.83. The Bertz CT molecular complexity index is 520. The van der Waals surface area contributed by atoms with Crippen LogP contribution in [0.25, 0.3) is 10.9 Å². The van der Waals surface area contributed by atoms with Gasteiger partial charge in [0, 0.05) is 5.39 Å². The third-order valence-corrected chi connectivity index (χ3v) is 2.72. The lowest BCUT2D eigenvalue weighted by Crippen LogP contribution is -2.05. The van der Waals surface area contributed by atoms with Gasteiger partial charge in [0.05, 0.1) is 5.56 Å². The van der Waals surface area contributed by atoms with Crippen LogP contribution in [-0.2, 0) is 6.18 Å². The van der Waals surface area contributed by atoms with Crippen LogP contribution in [0.2, 0.25) is 0 Å². The first-order chi connectivity index (χ1) is 6.89. The summed E-state index contributed by atoms with van der Waals surface area (Å²) in [5.74, 6) is -0.422. The Morgan fingerprint density at radius 1 is 1.33 bits per heavy atom. The number of alkyl halides is 3. The van der Waals surface area contributed by atoms with E-state index in [0.29, 0.717) is 9.77 Å². The molecule has 3 nitrogen and oxygen atoms in total. The molecule has 0 saturated heterocycles. The number of phenolic OH excluding ortho intramolecular Hbond substituents is 1. The van der Waals surface area contributed by atoms with Crippen molar-refractivity contribution in [2.75, 3.05) is 0 Å². The molecular formula is C8H4F3IN2O. The lowest BCUT2D eigenvalue weighted by molar-refractivity contribution is -0.136. The summed E-state index contributed by atoms with van der Waals surface area (Å²) in [6.07, 6.45) is -4.52. The highest BCUT2D eigenvalue weighted by Gasteiger charge is 2.34. The first-order valence-corrected chi connectivity index (χ1v) is 4.91. The zero-order valence-corrected chi connectivity index (χ0v) is 9.22. The number of hydrogen-bond acceptors (Lipinski definition) is 2. The van der Waals surface area contributed by atoms with E-state index < -0.39 is 17.5 Å². The average Bonchev–Trinajstić information content (AvgIpc) is 2.45. The van der Waals surface area contributed by atoms with Gasteiger partial charge in [0.2, 0.25) is 0 Å². The minimum Gasteiger partial charge on any atom is -0.508 e. The number of benzene rings is 1. The number of phenols is 1. The molecule has 15 heavy (non-hydrogen) atoms. The molecule has 0 atom stereocenters. The second kappa shape index (κ2) is 3.26. The molecule has 0 fully saturated rings. The molecule has 1 aromatic heterocycles. The summed E-state index contributed by atoms with van der Waals surface area (Å²) in [6, 6.07) is 1.91. The molecule has 2 aromatic rings. The third kappa shape index (κ3) is 1.75. The van der Waals surface area contributed by atoms with Gasteiger partial charge in [-0.05, 0) is 34.7 Å². The summed E-state index contributed by atoms with van der Waals surface area (Å²) in [6.45, 7) is 0. The second-order valence-electron chi connectivity index (χ2n) is 2.92. The van der Waals surface area contributed by atoms with Crippen molar-refractivity contribution in [3.05, 3.63) is 21.4 Å². The molecule has 0 unspecified atom stereocenters. The maximum atomic E-state index is 12.5. The van der Waals surface area contributed by atoms with Gasteiger partial charge in [-0.15, -0.1) is 0 Å². The number of rotatable bonds is 0. The van der Waals surface area contributed by atoms with Crippen molar-refractivity contribution in [1.82, 2.24) is 10.2 Å². The van der Waals surface area contributed by atoms with E-state index in [1.165, 1.54) is 6.07 Å². The number of H-pyrrole nitrogens is 1. The zero-order chi connectivity index (χ0) is 11.2. The molecule has 0 spiro atoms. The Kier molecular flexibility index (Phi) is 2.28. The third-order valence-electron chi connectivity index (χ3n) is 1.90. The van der Waals surface area contributed by atoms with Crippen LogP contribution < -0.4 is 0 Å². The van der Waals surface area contributed by atoms with Gasteiger partial charge < -0.3 is 5.11 Å². The highest BCUT2D eigenvalue weighted by atomic mass is 127. The van der Waals surface area contributed by atoms with Crippen LogP contribution in [0.4, 0.5) is 13.2 Å². The number of aromatic amines is 1. The lowest BCUT2D eigenvalue weighted by atomic mass is 10.1. The molecule has 7 heteroatoms. The van der Waals surface area contributed by atoms with Crippen LogP contribution in [0.1, 0.15) is 5.56 Å². The zero-order valence-electron chi connectivity index (χ0n) is 7.06. The van der Waals surface area contributed by atoms with Crippen LogP contribution >= 0.6 is 22.6 Å². The maximum Gasteiger partial charge on any atom is 0.418 e. The van der Waals surface area contributed by atoms with Crippen LogP contribution in [0.3, 0.4) is 0 Å². The van der Waals surface area contributed by atoms with Gasteiger partial charge in [-0.1, -0.05) is 0 Å². The SMILES string of the molecule is Oc1cc(C(F)(F)F)c2n[nH]c(I)c2c1. The molecule has 0 aliphatic heterocycles. The smallest absolute Gasteiger partial charge is 0.418 e. The topological polar surface area (TPSA) is 48.9 Å². The van der Waals surface area contributed by atoms with E-state index in [1.54, 1.807) is 0 Å². The molecule has 0 aliphatic carbocycles. The van der Waals surface area contributed by atoms with Crippen molar-refractivity contribution in [3.63, 3.8) is 0 Å². The minimum atomic E-state index is -4.52. The van der Waals surface area contributed by atoms with Gasteiger partial charge in [0.25, 0.3) is 0 Å². The fraction of sp³-hybridized carbons (Fsp3) is 0.125. The number of fused-ring (bicyclic) bond motifs is 1. The molecule has 80 valence electrons. The first kappa shape index (κ1) is 10.5. The van der Waals surface area contributed by atoms with E-state index in [4.69, 9.17) is 0 Å². The van der Waals surface area contributed by atoms with Gasteiger partial charge in [-0.3, -0.25) is 5.10 Å². The molecule has 0 aliphatic rings. The Morgan fingerprint density at radius 2 is 2.00 bits per heavy atom. The molecule has 0 bridgehead atoms.